The monoisotopic (exact) mass is 369 g/mol. The highest BCUT2D eigenvalue weighted by molar-refractivity contribution is 6.05. The Hall–Kier alpha value is -2.94. The molecule has 3 aromatic carbocycles. The van der Waals surface area contributed by atoms with E-state index in [0.29, 0.717) is 11.8 Å². The van der Waals surface area contributed by atoms with Gasteiger partial charge in [-0.05, 0) is 60.4 Å². The van der Waals surface area contributed by atoms with Gasteiger partial charge in [0.2, 0.25) is 5.52 Å². The Labute approximate surface area is 165 Å². The highest BCUT2D eigenvalue weighted by atomic mass is 16.5. The molecule has 0 amide bonds. The van der Waals surface area contributed by atoms with E-state index < -0.39 is 0 Å². The number of para-hydroxylation sites is 2. The highest BCUT2D eigenvalue weighted by Gasteiger charge is 2.32. The van der Waals surface area contributed by atoms with Crippen LogP contribution in [0.1, 0.15) is 30.5 Å². The lowest BCUT2D eigenvalue weighted by molar-refractivity contribution is -0.634. The molecule has 5 rings (SSSR count). The largest absolute Gasteiger partial charge is 0.433 e. The average Bonchev–Trinajstić information content (AvgIpc) is 2.64. The molecule has 0 N–H and O–H groups in total. The number of rotatable bonds is 2. The summed E-state index contributed by atoms with van der Waals surface area (Å²) in [4.78, 5) is 4.88. The maximum atomic E-state index is 6.42. The van der Waals surface area contributed by atoms with Crippen LogP contribution in [0.25, 0.3) is 33.1 Å². The zero-order valence-electron chi connectivity index (χ0n) is 17.1. The molecule has 1 aliphatic rings. The van der Waals surface area contributed by atoms with Gasteiger partial charge in [-0.3, -0.25) is 0 Å². The Morgan fingerprint density at radius 3 is 2.64 bits per heavy atom. The van der Waals surface area contributed by atoms with Crippen LogP contribution in [0.5, 0.6) is 11.6 Å². The third-order valence-corrected chi connectivity index (χ3v) is 5.87. The van der Waals surface area contributed by atoms with Gasteiger partial charge in [-0.2, -0.15) is 4.57 Å². The van der Waals surface area contributed by atoms with Crippen LogP contribution in [0.4, 0.5) is 0 Å². The summed E-state index contributed by atoms with van der Waals surface area (Å²) in [5, 5.41) is 2.46. The number of aromatic nitrogens is 2. The molecule has 0 saturated heterocycles. The van der Waals surface area contributed by atoms with E-state index in [1.807, 2.05) is 12.1 Å². The first-order chi connectivity index (χ1) is 13.4. The van der Waals surface area contributed by atoms with E-state index >= 15 is 0 Å². The van der Waals surface area contributed by atoms with Gasteiger partial charge in [-0.15, -0.1) is 0 Å². The first kappa shape index (κ1) is 17.2. The Morgan fingerprint density at radius 1 is 1.07 bits per heavy atom. The van der Waals surface area contributed by atoms with Gasteiger partial charge in [0.25, 0.3) is 11.6 Å². The Kier molecular flexibility index (Phi) is 3.70. The van der Waals surface area contributed by atoms with E-state index in [-0.39, 0.29) is 0 Å². The number of ether oxygens (including phenoxy) is 1. The zero-order chi connectivity index (χ0) is 19.6. The van der Waals surface area contributed by atoms with Crippen molar-refractivity contribution >= 4 is 21.8 Å². The van der Waals surface area contributed by atoms with Gasteiger partial charge in [0.1, 0.15) is 18.3 Å². The van der Waals surface area contributed by atoms with Crippen molar-refractivity contribution in [2.24, 2.45) is 13.0 Å². The summed E-state index contributed by atoms with van der Waals surface area (Å²) in [6.45, 7) is 8.92. The molecule has 0 bridgehead atoms. The molecule has 0 spiro atoms. The minimum atomic E-state index is 0.603. The molecule has 0 saturated carbocycles. The number of benzene rings is 3. The quantitative estimate of drug-likeness (QED) is 0.368. The van der Waals surface area contributed by atoms with Gasteiger partial charge < -0.3 is 4.74 Å². The number of fused-ring (bicyclic) bond motifs is 3. The van der Waals surface area contributed by atoms with Gasteiger partial charge in [0.05, 0.1) is 5.56 Å². The van der Waals surface area contributed by atoms with E-state index in [0.717, 1.165) is 28.9 Å². The maximum Gasteiger partial charge on any atom is 0.294 e. The third kappa shape index (κ3) is 2.42. The number of hydrogen-bond donors (Lipinski definition) is 0. The highest BCUT2D eigenvalue weighted by Crippen LogP contribution is 2.47. The second-order valence-corrected chi connectivity index (χ2v) is 8.40. The summed E-state index contributed by atoms with van der Waals surface area (Å²) >= 11 is 0. The van der Waals surface area contributed by atoms with Gasteiger partial charge in [0.15, 0.2) is 0 Å². The van der Waals surface area contributed by atoms with Crippen molar-refractivity contribution in [3.63, 3.8) is 0 Å². The van der Waals surface area contributed by atoms with Gasteiger partial charge in [-0.1, -0.05) is 38.1 Å². The van der Waals surface area contributed by atoms with Crippen LogP contribution in [0, 0.1) is 19.8 Å². The molecule has 140 valence electrons. The Balaban J connectivity index is 1.91. The fraction of sp³-hybridized carbons (Fsp3) is 0.280. The van der Waals surface area contributed by atoms with Crippen LogP contribution >= 0.6 is 0 Å². The number of aryl methyl sites for hydroxylation is 2. The summed E-state index contributed by atoms with van der Waals surface area (Å²) in [5.41, 5.74) is 8.29. The predicted octanol–water partition coefficient (Wildman–Crippen LogP) is 5.80. The van der Waals surface area contributed by atoms with E-state index in [2.05, 4.69) is 69.6 Å². The van der Waals surface area contributed by atoms with Crippen molar-refractivity contribution < 1.29 is 9.30 Å². The molecule has 1 aliphatic heterocycles. The molecular weight excluding hydrogens is 344 g/mol. The van der Waals surface area contributed by atoms with Crippen LogP contribution in [-0.4, -0.2) is 4.98 Å². The van der Waals surface area contributed by atoms with Gasteiger partial charge in [0, 0.05) is 11.5 Å². The number of nitrogens with zero attached hydrogens (tertiary/aromatic N) is 2. The summed E-state index contributed by atoms with van der Waals surface area (Å²) in [6, 6.07) is 15.1. The second kappa shape index (κ2) is 6.03. The SMILES string of the molecule is Cc1cc2cc(CC(C)C)cc3c2c(c1C)-c1c(nc2ccccc2[n+]1C)O3. The first-order valence-corrected chi connectivity index (χ1v) is 9.98. The lowest BCUT2D eigenvalue weighted by Gasteiger charge is -2.22. The fourth-order valence-corrected chi connectivity index (χ4v) is 4.49. The summed E-state index contributed by atoms with van der Waals surface area (Å²) in [5.74, 6) is 2.23. The van der Waals surface area contributed by atoms with Crippen molar-refractivity contribution in [3.8, 4) is 22.9 Å². The molecule has 3 heteroatoms. The topological polar surface area (TPSA) is 26.0 Å². The van der Waals surface area contributed by atoms with Crippen LogP contribution in [0.2, 0.25) is 0 Å². The molecule has 0 atom stereocenters. The lowest BCUT2D eigenvalue weighted by atomic mass is 9.89. The molecule has 0 unspecified atom stereocenters. The summed E-state index contributed by atoms with van der Waals surface area (Å²) < 4.78 is 8.65. The average molecular weight is 369 g/mol. The van der Waals surface area contributed by atoms with E-state index in [1.54, 1.807) is 0 Å². The minimum absolute atomic E-state index is 0.603. The predicted molar refractivity (Wildman–Crippen MR) is 114 cm³/mol. The van der Waals surface area contributed by atoms with Gasteiger partial charge >= 0.3 is 0 Å². The minimum Gasteiger partial charge on any atom is -0.433 e. The van der Waals surface area contributed by atoms with Crippen molar-refractivity contribution in [3.05, 3.63) is 59.2 Å². The van der Waals surface area contributed by atoms with Crippen molar-refractivity contribution in [1.29, 1.82) is 0 Å². The van der Waals surface area contributed by atoms with Crippen molar-refractivity contribution in [2.45, 2.75) is 34.1 Å². The second-order valence-electron chi connectivity index (χ2n) is 8.40. The van der Waals surface area contributed by atoms with Gasteiger partial charge in [-0.25, -0.2) is 4.98 Å². The van der Waals surface area contributed by atoms with Crippen LogP contribution in [0.3, 0.4) is 0 Å². The van der Waals surface area contributed by atoms with Crippen molar-refractivity contribution in [1.82, 2.24) is 4.98 Å². The normalized spacial score (nSPS) is 12.5. The van der Waals surface area contributed by atoms with Crippen molar-refractivity contribution in [2.75, 3.05) is 0 Å². The molecule has 0 fully saturated rings. The third-order valence-electron chi connectivity index (χ3n) is 5.87. The molecular formula is C25H25N2O+. The summed E-state index contributed by atoms with van der Waals surface area (Å²) in [6.07, 6.45) is 1.04. The Morgan fingerprint density at radius 2 is 1.86 bits per heavy atom. The zero-order valence-corrected chi connectivity index (χ0v) is 17.1. The molecule has 2 heterocycles. The molecule has 1 aromatic heterocycles. The van der Waals surface area contributed by atoms with E-state index in [9.17, 15) is 0 Å². The molecule has 28 heavy (non-hydrogen) atoms. The van der Waals surface area contributed by atoms with Crippen LogP contribution in [-0.2, 0) is 13.5 Å². The molecule has 0 aliphatic carbocycles. The molecule has 3 nitrogen and oxygen atoms in total. The standard InChI is InChI=1S/C25H25N2O/c1-14(2)10-17-12-18-11-15(3)16(4)22-23(18)21(13-17)28-25-24(22)27(5)20-9-7-6-8-19(20)26-25/h6-9,11-14H,10H2,1-5H3/q+1. The smallest absolute Gasteiger partial charge is 0.294 e. The van der Waals surface area contributed by atoms with E-state index in [1.165, 1.54) is 33.0 Å². The lowest BCUT2D eigenvalue weighted by Crippen LogP contribution is -2.34. The molecule has 4 aromatic rings. The summed E-state index contributed by atoms with van der Waals surface area (Å²) in [7, 11) is 2.11. The van der Waals surface area contributed by atoms with Crippen LogP contribution < -0.4 is 9.30 Å². The fourth-order valence-electron chi connectivity index (χ4n) is 4.49. The maximum absolute atomic E-state index is 6.42. The van der Waals surface area contributed by atoms with E-state index in [4.69, 9.17) is 9.72 Å². The molecule has 0 radical (unpaired) electrons. The number of hydrogen-bond acceptors (Lipinski definition) is 2. The van der Waals surface area contributed by atoms with Crippen LogP contribution in [0.15, 0.2) is 42.5 Å². The first-order valence-electron chi connectivity index (χ1n) is 9.98. The Bertz CT molecular complexity index is 1270.